The molecule has 1 aromatic rings. The van der Waals surface area contributed by atoms with Crippen LogP contribution in [0, 0.1) is 11.3 Å². The standard InChI is InChI=1S/C18H27NO2/c1-4-16(18(3)11-5-6-13(2)12-18)19-15-9-7-14(8-10-15)17(20)21/h7-10,13,16,19H,4-6,11-12H2,1-3H3,(H,20,21). The van der Waals surface area contributed by atoms with Gasteiger partial charge < -0.3 is 10.4 Å². The molecule has 3 nitrogen and oxygen atoms in total. The first-order chi connectivity index (χ1) is 9.94. The molecule has 3 unspecified atom stereocenters. The van der Waals surface area contributed by atoms with Crippen LogP contribution >= 0.6 is 0 Å². The zero-order chi connectivity index (χ0) is 15.5. The van der Waals surface area contributed by atoms with Gasteiger partial charge in [-0.2, -0.15) is 0 Å². The Hall–Kier alpha value is -1.51. The summed E-state index contributed by atoms with van der Waals surface area (Å²) >= 11 is 0. The molecule has 1 aromatic carbocycles. The fourth-order valence-corrected chi connectivity index (χ4v) is 3.85. The van der Waals surface area contributed by atoms with Crippen molar-refractivity contribution in [1.29, 1.82) is 0 Å². The normalized spacial score (nSPS) is 27.1. The van der Waals surface area contributed by atoms with E-state index in [1.807, 2.05) is 12.1 Å². The maximum absolute atomic E-state index is 10.9. The summed E-state index contributed by atoms with van der Waals surface area (Å²) in [4.78, 5) is 10.9. The highest BCUT2D eigenvalue weighted by Gasteiger charge is 2.36. The molecule has 0 saturated heterocycles. The minimum atomic E-state index is -0.873. The van der Waals surface area contributed by atoms with Gasteiger partial charge in [0.1, 0.15) is 0 Å². The van der Waals surface area contributed by atoms with Crippen LogP contribution in [0.25, 0.3) is 0 Å². The van der Waals surface area contributed by atoms with E-state index in [1.54, 1.807) is 12.1 Å². The Morgan fingerprint density at radius 3 is 2.62 bits per heavy atom. The van der Waals surface area contributed by atoms with Crippen LogP contribution in [0.2, 0.25) is 0 Å². The summed E-state index contributed by atoms with van der Waals surface area (Å²) in [5.41, 5.74) is 1.69. The molecule has 1 aliphatic carbocycles. The Morgan fingerprint density at radius 2 is 2.10 bits per heavy atom. The molecule has 1 saturated carbocycles. The predicted octanol–water partition coefficient (Wildman–Crippen LogP) is 4.79. The van der Waals surface area contributed by atoms with E-state index >= 15 is 0 Å². The van der Waals surface area contributed by atoms with Gasteiger partial charge in [-0.15, -0.1) is 0 Å². The molecule has 0 radical (unpaired) electrons. The number of hydrogen-bond acceptors (Lipinski definition) is 2. The molecule has 0 spiro atoms. The third-order valence-corrected chi connectivity index (χ3v) is 4.98. The molecular formula is C18H27NO2. The second-order valence-corrected chi connectivity index (χ2v) is 6.84. The molecule has 1 aliphatic rings. The van der Waals surface area contributed by atoms with Crippen molar-refractivity contribution in [2.24, 2.45) is 11.3 Å². The smallest absolute Gasteiger partial charge is 0.335 e. The molecular weight excluding hydrogens is 262 g/mol. The fraction of sp³-hybridized carbons (Fsp3) is 0.611. The van der Waals surface area contributed by atoms with Crippen LogP contribution in [0.4, 0.5) is 5.69 Å². The summed E-state index contributed by atoms with van der Waals surface area (Å²) in [6.07, 6.45) is 6.29. The van der Waals surface area contributed by atoms with Gasteiger partial charge in [-0.25, -0.2) is 4.79 Å². The largest absolute Gasteiger partial charge is 0.478 e. The SMILES string of the molecule is CCC(Nc1ccc(C(=O)O)cc1)C1(C)CCCC(C)C1. The van der Waals surface area contributed by atoms with E-state index in [0.29, 0.717) is 17.0 Å². The van der Waals surface area contributed by atoms with Crippen LogP contribution in [-0.4, -0.2) is 17.1 Å². The Kier molecular flexibility index (Phi) is 4.92. The minimum absolute atomic E-state index is 0.331. The molecule has 3 heteroatoms. The maximum Gasteiger partial charge on any atom is 0.335 e. The molecule has 3 atom stereocenters. The highest BCUT2D eigenvalue weighted by molar-refractivity contribution is 5.88. The van der Waals surface area contributed by atoms with Crippen molar-refractivity contribution in [3.05, 3.63) is 29.8 Å². The summed E-state index contributed by atoms with van der Waals surface area (Å²) in [6.45, 7) is 6.98. The van der Waals surface area contributed by atoms with Crippen molar-refractivity contribution in [2.45, 2.75) is 58.9 Å². The van der Waals surface area contributed by atoms with E-state index in [4.69, 9.17) is 5.11 Å². The van der Waals surface area contributed by atoms with Crippen LogP contribution in [-0.2, 0) is 0 Å². The number of carboxylic acids is 1. The molecule has 2 rings (SSSR count). The Bertz CT molecular complexity index is 482. The van der Waals surface area contributed by atoms with Crippen molar-refractivity contribution in [2.75, 3.05) is 5.32 Å². The second kappa shape index (κ2) is 6.50. The van der Waals surface area contributed by atoms with Gasteiger partial charge in [0.2, 0.25) is 0 Å². The van der Waals surface area contributed by atoms with Crippen LogP contribution in [0.5, 0.6) is 0 Å². The van der Waals surface area contributed by atoms with Gasteiger partial charge in [-0.05, 0) is 54.9 Å². The van der Waals surface area contributed by atoms with E-state index in [1.165, 1.54) is 25.7 Å². The summed E-state index contributed by atoms with van der Waals surface area (Å²) in [7, 11) is 0. The van der Waals surface area contributed by atoms with E-state index in [9.17, 15) is 4.79 Å². The molecule has 21 heavy (non-hydrogen) atoms. The molecule has 0 aromatic heterocycles. The monoisotopic (exact) mass is 289 g/mol. The zero-order valence-corrected chi connectivity index (χ0v) is 13.4. The minimum Gasteiger partial charge on any atom is -0.478 e. The first-order valence-electron chi connectivity index (χ1n) is 8.04. The van der Waals surface area contributed by atoms with Crippen LogP contribution < -0.4 is 5.32 Å². The van der Waals surface area contributed by atoms with Crippen LogP contribution in [0.15, 0.2) is 24.3 Å². The summed E-state index contributed by atoms with van der Waals surface area (Å²) in [5.74, 6) is -0.0735. The van der Waals surface area contributed by atoms with Crippen LogP contribution in [0.3, 0.4) is 0 Å². The maximum atomic E-state index is 10.9. The summed E-state index contributed by atoms with van der Waals surface area (Å²) in [5, 5.41) is 12.6. The predicted molar refractivity (Wildman–Crippen MR) is 86.8 cm³/mol. The number of carbonyl (C=O) groups is 1. The third-order valence-electron chi connectivity index (χ3n) is 4.98. The number of anilines is 1. The average molecular weight is 289 g/mol. The van der Waals surface area contributed by atoms with Gasteiger partial charge in [-0.1, -0.05) is 33.6 Å². The molecule has 1 fully saturated rings. The van der Waals surface area contributed by atoms with Gasteiger partial charge in [0.25, 0.3) is 0 Å². The molecule has 0 bridgehead atoms. The summed E-state index contributed by atoms with van der Waals surface area (Å²) in [6, 6.07) is 7.53. The Balaban J connectivity index is 2.09. The zero-order valence-electron chi connectivity index (χ0n) is 13.4. The molecule has 0 aliphatic heterocycles. The fourth-order valence-electron chi connectivity index (χ4n) is 3.85. The highest BCUT2D eigenvalue weighted by atomic mass is 16.4. The number of benzene rings is 1. The lowest BCUT2D eigenvalue weighted by molar-refractivity contribution is 0.0697. The number of aromatic carboxylic acids is 1. The number of nitrogens with one attached hydrogen (secondary N) is 1. The van der Waals surface area contributed by atoms with Gasteiger partial charge in [0.05, 0.1) is 5.56 Å². The van der Waals surface area contributed by atoms with E-state index in [-0.39, 0.29) is 0 Å². The number of carboxylic acid groups (broad SMARTS) is 1. The second-order valence-electron chi connectivity index (χ2n) is 6.84. The van der Waals surface area contributed by atoms with Gasteiger partial charge >= 0.3 is 5.97 Å². The molecule has 0 amide bonds. The average Bonchev–Trinajstić information content (AvgIpc) is 2.44. The lowest BCUT2D eigenvalue weighted by Crippen LogP contribution is -2.41. The quantitative estimate of drug-likeness (QED) is 0.819. The van der Waals surface area contributed by atoms with E-state index in [0.717, 1.165) is 18.0 Å². The lowest BCUT2D eigenvalue weighted by atomic mass is 9.66. The number of rotatable bonds is 5. The van der Waals surface area contributed by atoms with E-state index in [2.05, 4.69) is 26.1 Å². The van der Waals surface area contributed by atoms with Crippen molar-refractivity contribution >= 4 is 11.7 Å². The first kappa shape index (κ1) is 15.9. The van der Waals surface area contributed by atoms with Gasteiger partial charge in [0, 0.05) is 11.7 Å². The van der Waals surface area contributed by atoms with E-state index < -0.39 is 5.97 Å². The highest BCUT2D eigenvalue weighted by Crippen LogP contribution is 2.43. The molecule has 2 N–H and O–H groups in total. The summed E-state index contributed by atoms with van der Waals surface area (Å²) < 4.78 is 0. The lowest BCUT2D eigenvalue weighted by Gasteiger charge is -2.43. The van der Waals surface area contributed by atoms with Crippen molar-refractivity contribution < 1.29 is 9.90 Å². The van der Waals surface area contributed by atoms with Crippen molar-refractivity contribution in [3.63, 3.8) is 0 Å². The van der Waals surface area contributed by atoms with Crippen molar-refractivity contribution in [1.82, 2.24) is 0 Å². The van der Waals surface area contributed by atoms with Crippen molar-refractivity contribution in [3.8, 4) is 0 Å². The Morgan fingerprint density at radius 1 is 1.43 bits per heavy atom. The van der Waals surface area contributed by atoms with Gasteiger partial charge in [-0.3, -0.25) is 0 Å². The van der Waals surface area contributed by atoms with Gasteiger partial charge in [0.15, 0.2) is 0 Å². The van der Waals surface area contributed by atoms with Crippen LogP contribution in [0.1, 0.15) is 63.2 Å². The topological polar surface area (TPSA) is 49.3 Å². The third kappa shape index (κ3) is 3.78. The number of hydrogen-bond donors (Lipinski definition) is 2. The molecule has 116 valence electrons. The first-order valence-corrected chi connectivity index (χ1v) is 8.04. The Labute approximate surface area is 127 Å². The molecule has 0 heterocycles.